The van der Waals surface area contributed by atoms with Crippen LogP contribution in [-0.4, -0.2) is 25.1 Å². The van der Waals surface area contributed by atoms with Gasteiger partial charge in [-0.15, -0.1) is 0 Å². The van der Waals surface area contributed by atoms with Gasteiger partial charge in [0.05, 0.1) is 0 Å². The predicted molar refractivity (Wildman–Crippen MR) is 113 cm³/mol. The SMILES string of the molecule is Cc1noc(C)c1S(=O)(=O)NCC(c1ccccc1Cl)c1c[nH]c2ccccc12. The Kier molecular flexibility index (Phi) is 5.21. The van der Waals surface area contributed by atoms with Gasteiger partial charge < -0.3 is 9.51 Å². The highest BCUT2D eigenvalue weighted by atomic mass is 35.5. The van der Waals surface area contributed by atoms with Gasteiger partial charge in [0.25, 0.3) is 0 Å². The number of halogens is 1. The molecule has 2 N–H and O–H groups in total. The molecule has 2 aromatic carbocycles. The van der Waals surface area contributed by atoms with Crippen molar-refractivity contribution in [1.29, 1.82) is 0 Å². The number of sulfonamides is 1. The molecule has 4 aromatic rings. The number of aromatic nitrogens is 2. The number of hydrogen-bond donors (Lipinski definition) is 2. The monoisotopic (exact) mass is 429 g/mol. The van der Waals surface area contributed by atoms with Gasteiger partial charge in [0.15, 0.2) is 5.76 Å². The fraction of sp³-hybridized carbons (Fsp3) is 0.190. The van der Waals surface area contributed by atoms with Gasteiger partial charge >= 0.3 is 0 Å². The molecule has 8 heteroatoms. The Morgan fingerprint density at radius 3 is 2.55 bits per heavy atom. The number of aryl methyl sites for hydroxylation is 2. The molecule has 150 valence electrons. The second-order valence-electron chi connectivity index (χ2n) is 6.87. The van der Waals surface area contributed by atoms with E-state index in [-0.39, 0.29) is 23.1 Å². The molecule has 1 atom stereocenters. The quantitative estimate of drug-likeness (QED) is 0.471. The van der Waals surface area contributed by atoms with Crippen LogP contribution < -0.4 is 4.72 Å². The Morgan fingerprint density at radius 1 is 1.10 bits per heavy atom. The van der Waals surface area contributed by atoms with Gasteiger partial charge in [-0.05, 0) is 37.1 Å². The second-order valence-corrected chi connectivity index (χ2v) is 8.98. The van der Waals surface area contributed by atoms with E-state index in [9.17, 15) is 8.42 Å². The Hall–Kier alpha value is -2.61. The van der Waals surface area contributed by atoms with Crippen LogP contribution in [-0.2, 0) is 10.0 Å². The molecular formula is C21H20ClN3O3S. The highest BCUT2D eigenvalue weighted by molar-refractivity contribution is 7.89. The largest absolute Gasteiger partial charge is 0.361 e. The summed E-state index contributed by atoms with van der Waals surface area (Å²) >= 11 is 6.47. The number of hydrogen-bond acceptors (Lipinski definition) is 4. The summed E-state index contributed by atoms with van der Waals surface area (Å²) in [7, 11) is -3.80. The van der Waals surface area contributed by atoms with Crippen LogP contribution in [0.5, 0.6) is 0 Å². The summed E-state index contributed by atoms with van der Waals surface area (Å²) in [6.07, 6.45) is 1.91. The third-order valence-electron chi connectivity index (χ3n) is 4.99. The number of aromatic amines is 1. The Morgan fingerprint density at radius 2 is 1.83 bits per heavy atom. The molecule has 0 aliphatic rings. The standard InChI is InChI=1S/C21H20ClN3O3S/c1-13-21(14(2)28-25-13)29(26,27)24-12-18(15-7-3-5-9-19(15)22)17-11-23-20-10-6-4-8-16(17)20/h3-11,18,23-24H,12H2,1-2H3. The molecule has 2 heterocycles. The highest BCUT2D eigenvalue weighted by Gasteiger charge is 2.27. The molecule has 0 aliphatic carbocycles. The average molecular weight is 430 g/mol. The number of rotatable bonds is 6. The van der Waals surface area contributed by atoms with Crippen molar-refractivity contribution in [2.45, 2.75) is 24.7 Å². The molecular weight excluding hydrogens is 410 g/mol. The maximum absolute atomic E-state index is 12.9. The highest BCUT2D eigenvalue weighted by Crippen LogP contribution is 2.34. The van der Waals surface area contributed by atoms with Crippen molar-refractivity contribution in [2.24, 2.45) is 0 Å². The fourth-order valence-corrected chi connectivity index (χ4v) is 5.29. The van der Waals surface area contributed by atoms with Crippen LogP contribution in [0.25, 0.3) is 10.9 Å². The van der Waals surface area contributed by atoms with Crippen molar-refractivity contribution in [1.82, 2.24) is 14.9 Å². The lowest BCUT2D eigenvalue weighted by atomic mass is 9.91. The number of para-hydroxylation sites is 1. The molecule has 0 fully saturated rings. The van der Waals surface area contributed by atoms with Crippen molar-refractivity contribution in [3.63, 3.8) is 0 Å². The number of fused-ring (bicyclic) bond motifs is 1. The Bertz CT molecular complexity index is 1260. The van der Waals surface area contributed by atoms with Gasteiger partial charge in [0.1, 0.15) is 10.6 Å². The van der Waals surface area contributed by atoms with E-state index in [2.05, 4.69) is 14.9 Å². The van der Waals surface area contributed by atoms with Gasteiger partial charge in [-0.1, -0.05) is 53.2 Å². The molecule has 0 aliphatic heterocycles. The van der Waals surface area contributed by atoms with Crippen LogP contribution >= 0.6 is 11.6 Å². The van der Waals surface area contributed by atoms with E-state index in [1.165, 1.54) is 0 Å². The molecule has 0 spiro atoms. The van der Waals surface area contributed by atoms with Crippen LogP contribution in [0.1, 0.15) is 28.5 Å². The summed E-state index contributed by atoms with van der Waals surface area (Å²) in [5.41, 5.74) is 3.13. The zero-order chi connectivity index (χ0) is 20.6. The first-order valence-corrected chi connectivity index (χ1v) is 11.0. The third-order valence-corrected chi connectivity index (χ3v) is 7.00. The van der Waals surface area contributed by atoms with Gasteiger partial charge in [-0.3, -0.25) is 0 Å². The molecule has 1 unspecified atom stereocenters. The van der Waals surface area contributed by atoms with E-state index < -0.39 is 10.0 Å². The minimum absolute atomic E-state index is 0.0781. The first-order chi connectivity index (χ1) is 13.9. The maximum atomic E-state index is 12.9. The minimum Gasteiger partial charge on any atom is -0.361 e. The van der Waals surface area contributed by atoms with E-state index in [1.54, 1.807) is 13.8 Å². The topological polar surface area (TPSA) is 88.0 Å². The first-order valence-electron chi connectivity index (χ1n) is 9.11. The molecule has 2 aromatic heterocycles. The normalized spacial score (nSPS) is 13.1. The number of H-pyrrole nitrogens is 1. The summed E-state index contributed by atoms with van der Waals surface area (Å²) in [6.45, 7) is 3.33. The van der Waals surface area contributed by atoms with Crippen molar-refractivity contribution < 1.29 is 12.9 Å². The summed E-state index contributed by atoms with van der Waals surface area (Å²) < 4.78 is 33.6. The zero-order valence-electron chi connectivity index (χ0n) is 15.9. The van der Waals surface area contributed by atoms with E-state index in [0.29, 0.717) is 10.7 Å². The van der Waals surface area contributed by atoms with E-state index in [1.807, 2.05) is 54.7 Å². The average Bonchev–Trinajstić information content (AvgIpc) is 3.27. The molecule has 6 nitrogen and oxygen atoms in total. The number of nitrogens with zero attached hydrogens (tertiary/aromatic N) is 1. The molecule has 0 amide bonds. The maximum Gasteiger partial charge on any atom is 0.245 e. The fourth-order valence-electron chi connectivity index (χ4n) is 3.65. The second kappa shape index (κ2) is 7.67. The summed E-state index contributed by atoms with van der Waals surface area (Å²) in [5.74, 6) is -0.0218. The molecule has 0 saturated heterocycles. The van der Waals surface area contributed by atoms with E-state index >= 15 is 0 Å². The van der Waals surface area contributed by atoms with Crippen LogP contribution in [0.2, 0.25) is 5.02 Å². The van der Waals surface area contributed by atoms with Crippen LogP contribution in [0, 0.1) is 13.8 Å². The summed E-state index contributed by atoms with van der Waals surface area (Å²) in [6, 6.07) is 15.4. The van der Waals surface area contributed by atoms with Gasteiger partial charge in [0, 0.05) is 34.6 Å². The Balaban J connectivity index is 1.75. The smallest absolute Gasteiger partial charge is 0.245 e. The van der Waals surface area contributed by atoms with Crippen LogP contribution in [0.3, 0.4) is 0 Å². The molecule has 4 rings (SSSR count). The summed E-state index contributed by atoms with van der Waals surface area (Å²) in [5, 5.41) is 5.36. The zero-order valence-corrected chi connectivity index (χ0v) is 17.5. The number of benzene rings is 2. The third kappa shape index (κ3) is 3.69. The van der Waals surface area contributed by atoms with Crippen molar-refractivity contribution in [3.8, 4) is 0 Å². The predicted octanol–water partition coefficient (Wildman–Crippen LogP) is 4.54. The van der Waals surface area contributed by atoms with Crippen molar-refractivity contribution in [3.05, 3.63) is 82.3 Å². The number of nitrogens with one attached hydrogen (secondary N) is 2. The Labute approximate surface area is 173 Å². The van der Waals surface area contributed by atoms with Crippen molar-refractivity contribution >= 4 is 32.5 Å². The van der Waals surface area contributed by atoms with Gasteiger partial charge in [0.2, 0.25) is 10.0 Å². The molecule has 0 bridgehead atoms. The van der Waals surface area contributed by atoms with Gasteiger partial charge in [-0.2, -0.15) is 0 Å². The lowest BCUT2D eigenvalue weighted by molar-refractivity contribution is 0.390. The summed E-state index contributed by atoms with van der Waals surface area (Å²) in [4.78, 5) is 3.33. The van der Waals surface area contributed by atoms with Crippen LogP contribution in [0.15, 0.2) is 64.1 Å². The minimum atomic E-state index is -3.80. The lowest BCUT2D eigenvalue weighted by Crippen LogP contribution is -2.29. The van der Waals surface area contributed by atoms with Crippen molar-refractivity contribution in [2.75, 3.05) is 6.54 Å². The van der Waals surface area contributed by atoms with Gasteiger partial charge in [-0.25, -0.2) is 13.1 Å². The van der Waals surface area contributed by atoms with E-state index in [4.69, 9.17) is 16.1 Å². The first kappa shape index (κ1) is 19.7. The molecule has 0 saturated carbocycles. The molecule has 29 heavy (non-hydrogen) atoms. The van der Waals surface area contributed by atoms with Crippen LogP contribution in [0.4, 0.5) is 0 Å². The molecule has 0 radical (unpaired) electrons. The van der Waals surface area contributed by atoms with E-state index in [0.717, 1.165) is 22.0 Å². The lowest BCUT2D eigenvalue weighted by Gasteiger charge is -2.19.